The van der Waals surface area contributed by atoms with Crippen molar-refractivity contribution in [2.24, 2.45) is 0 Å². The molecule has 2 aromatic carbocycles. The van der Waals surface area contributed by atoms with Gasteiger partial charge >= 0.3 is 0 Å². The van der Waals surface area contributed by atoms with Gasteiger partial charge in [-0.25, -0.2) is 8.42 Å². The van der Waals surface area contributed by atoms with Crippen LogP contribution in [-0.2, 0) is 21.2 Å². The Morgan fingerprint density at radius 2 is 1.80 bits per heavy atom. The van der Waals surface area contributed by atoms with Gasteiger partial charge in [-0.15, -0.1) is 0 Å². The van der Waals surface area contributed by atoms with E-state index < -0.39 is 10.0 Å². The van der Waals surface area contributed by atoms with Gasteiger partial charge in [0.1, 0.15) is 5.75 Å². The Kier molecular flexibility index (Phi) is 6.03. The van der Waals surface area contributed by atoms with E-state index in [2.05, 4.69) is 10.0 Å². The van der Waals surface area contributed by atoms with Crippen LogP contribution in [0.25, 0.3) is 0 Å². The van der Waals surface area contributed by atoms with Gasteiger partial charge in [0.2, 0.25) is 5.91 Å². The van der Waals surface area contributed by atoms with Crippen molar-refractivity contribution in [3.63, 3.8) is 0 Å². The van der Waals surface area contributed by atoms with Crippen LogP contribution in [0, 0.1) is 6.92 Å². The minimum atomic E-state index is -3.69. The SMILES string of the molecule is CCOc1ccc(S(=O)(=O)Nc2ccc(CC(=O)NC)cc2)cc1C. The van der Waals surface area contributed by atoms with Gasteiger partial charge in [0.05, 0.1) is 17.9 Å². The van der Waals surface area contributed by atoms with Gasteiger partial charge in [0.25, 0.3) is 10.0 Å². The average molecular weight is 362 g/mol. The molecule has 6 nitrogen and oxygen atoms in total. The van der Waals surface area contributed by atoms with Gasteiger partial charge in [0.15, 0.2) is 0 Å². The van der Waals surface area contributed by atoms with Crippen molar-refractivity contribution >= 4 is 21.6 Å². The first-order valence-corrected chi connectivity index (χ1v) is 9.40. The van der Waals surface area contributed by atoms with Gasteiger partial charge in [-0.2, -0.15) is 0 Å². The number of amides is 1. The molecule has 2 aromatic rings. The number of ether oxygens (including phenoxy) is 1. The van der Waals surface area contributed by atoms with Gasteiger partial charge in [0, 0.05) is 12.7 Å². The van der Waals surface area contributed by atoms with Gasteiger partial charge in [-0.1, -0.05) is 12.1 Å². The number of carbonyl (C=O) groups excluding carboxylic acids is 1. The standard InChI is InChI=1S/C18H22N2O4S/c1-4-24-17-10-9-16(11-13(17)2)25(22,23)20-15-7-5-14(6-8-15)12-18(21)19-3/h5-11,20H,4,12H2,1-3H3,(H,19,21). The zero-order valence-corrected chi connectivity index (χ0v) is 15.3. The van der Waals surface area contributed by atoms with Crippen LogP contribution in [0.3, 0.4) is 0 Å². The summed E-state index contributed by atoms with van der Waals surface area (Å²) in [4.78, 5) is 11.5. The van der Waals surface area contributed by atoms with E-state index in [1.165, 1.54) is 6.07 Å². The third-order valence-electron chi connectivity index (χ3n) is 3.61. The highest BCUT2D eigenvalue weighted by molar-refractivity contribution is 7.92. The fourth-order valence-electron chi connectivity index (χ4n) is 2.28. The molecule has 2 N–H and O–H groups in total. The Labute approximate surface area is 148 Å². The van der Waals surface area contributed by atoms with Crippen molar-refractivity contribution in [1.29, 1.82) is 0 Å². The molecular weight excluding hydrogens is 340 g/mol. The fourth-order valence-corrected chi connectivity index (χ4v) is 3.43. The third-order valence-corrected chi connectivity index (χ3v) is 4.99. The molecule has 7 heteroatoms. The van der Waals surface area contributed by atoms with Crippen LogP contribution in [0.15, 0.2) is 47.4 Å². The van der Waals surface area contributed by atoms with E-state index in [1.807, 2.05) is 6.92 Å². The van der Waals surface area contributed by atoms with Crippen LogP contribution < -0.4 is 14.8 Å². The number of benzene rings is 2. The van der Waals surface area contributed by atoms with Crippen LogP contribution in [0.1, 0.15) is 18.1 Å². The second-order valence-corrected chi connectivity index (χ2v) is 7.20. The number of anilines is 1. The lowest BCUT2D eigenvalue weighted by atomic mass is 10.1. The summed E-state index contributed by atoms with van der Waals surface area (Å²) in [6, 6.07) is 11.5. The molecular formula is C18H22N2O4S. The molecule has 0 aliphatic heterocycles. The maximum Gasteiger partial charge on any atom is 0.261 e. The van der Waals surface area contributed by atoms with Crippen LogP contribution in [-0.4, -0.2) is 28.0 Å². The minimum absolute atomic E-state index is 0.0989. The number of likely N-dealkylation sites (N-methyl/N-ethyl adjacent to an activating group) is 1. The number of aryl methyl sites for hydroxylation is 1. The molecule has 0 aliphatic carbocycles. The van der Waals surface area contributed by atoms with Crippen molar-refractivity contribution in [2.75, 3.05) is 18.4 Å². The van der Waals surface area contributed by atoms with Crippen molar-refractivity contribution in [3.8, 4) is 5.75 Å². The van der Waals surface area contributed by atoms with E-state index in [4.69, 9.17) is 4.74 Å². The van der Waals surface area contributed by atoms with Crippen LogP contribution in [0.2, 0.25) is 0 Å². The molecule has 0 bridgehead atoms. The zero-order chi connectivity index (χ0) is 18.4. The number of nitrogens with one attached hydrogen (secondary N) is 2. The van der Waals surface area contributed by atoms with E-state index in [1.54, 1.807) is 50.4 Å². The third kappa shape index (κ3) is 4.96. The highest BCUT2D eigenvalue weighted by atomic mass is 32.2. The van der Waals surface area contributed by atoms with E-state index in [0.29, 0.717) is 18.0 Å². The summed E-state index contributed by atoms with van der Waals surface area (Å²) >= 11 is 0. The lowest BCUT2D eigenvalue weighted by molar-refractivity contribution is -0.119. The second-order valence-electron chi connectivity index (χ2n) is 5.51. The number of hydrogen-bond acceptors (Lipinski definition) is 4. The molecule has 1 amide bonds. The minimum Gasteiger partial charge on any atom is -0.494 e. The summed E-state index contributed by atoms with van der Waals surface area (Å²) in [6.07, 6.45) is 0.252. The summed E-state index contributed by atoms with van der Waals surface area (Å²) in [7, 11) is -2.12. The second kappa shape index (κ2) is 8.02. The molecule has 0 spiro atoms. The first-order chi connectivity index (χ1) is 11.9. The van der Waals surface area contributed by atoms with E-state index in [0.717, 1.165) is 11.1 Å². The Morgan fingerprint density at radius 1 is 1.12 bits per heavy atom. The Hall–Kier alpha value is -2.54. The zero-order valence-electron chi connectivity index (χ0n) is 14.5. The Morgan fingerprint density at radius 3 is 2.36 bits per heavy atom. The molecule has 0 heterocycles. The fraction of sp³-hybridized carbons (Fsp3) is 0.278. The lowest BCUT2D eigenvalue weighted by Crippen LogP contribution is -2.19. The quantitative estimate of drug-likeness (QED) is 0.792. The van der Waals surface area contributed by atoms with Crippen LogP contribution in [0.4, 0.5) is 5.69 Å². The highest BCUT2D eigenvalue weighted by Crippen LogP contribution is 2.23. The Bertz CT molecular complexity index is 846. The molecule has 0 saturated heterocycles. The van der Waals surface area contributed by atoms with E-state index in [-0.39, 0.29) is 17.2 Å². The first-order valence-electron chi connectivity index (χ1n) is 7.91. The summed E-state index contributed by atoms with van der Waals surface area (Å²) in [5.41, 5.74) is 2.00. The number of carbonyl (C=O) groups is 1. The number of rotatable bonds is 7. The molecule has 0 radical (unpaired) electrons. The monoisotopic (exact) mass is 362 g/mol. The number of hydrogen-bond donors (Lipinski definition) is 2. The predicted octanol–water partition coefficient (Wildman–Crippen LogP) is 2.48. The number of sulfonamides is 1. The molecule has 0 fully saturated rings. The molecule has 0 unspecified atom stereocenters. The smallest absolute Gasteiger partial charge is 0.261 e. The normalized spacial score (nSPS) is 11.0. The average Bonchev–Trinajstić information content (AvgIpc) is 2.58. The lowest BCUT2D eigenvalue weighted by Gasteiger charge is -2.11. The molecule has 0 saturated carbocycles. The maximum absolute atomic E-state index is 12.5. The summed E-state index contributed by atoms with van der Waals surface area (Å²) in [6.45, 7) is 4.20. The summed E-state index contributed by atoms with van der Waals surface area (Å²) in [5, 5.41) is 2.55. The van der Waals surface area contributed by atoms with E-state index in [9.17, 15) is 13.2 Å². The van der Waals surface area contributed by atoms with Gasteiger partial charge in [-0.3, -0.25) is 9.52 Å². The van der Waals surface area contributed by atoms with Crippen LogP contribution in [0.5, 0.6) is 5.75 Å². The summed E-state index contributed by atoms with van der Waals surface area (Å²) < 4.78 is 33.0. The maximum atomic E-state index is 12.5. The molecule has 0 aliphatic rings. The van der Waals surface area contributed by atoms with Gasteiger partial charge in [-0.05, 0) is 55.3 Å². The van der Waals surface area contributed by atoms with Crippen molar-refractivity contribution < 1.29 is 17.9 Å². The van der Waals surface area contributed by atoms with Crippen molar-refractivity contribution in [2.45, 2.75) is 25.2 Å². The van der Waals surface area contributed by atoms with Crippen molar-refractivity contribution in [1.82, 2.24) is 5.32 Å². The largest absolute Gasteiger partial charge is 0.494 e. The highest BCUT2D eigenvalue weighted by Gasteiger charge is 2.16. The summed E-state index contributed by atoms with van der Waals surface area (Å²) in [5.74, 6) is 0.568. The Balaban J connectivity index is 2.15. The topological polar surface area (TPSA) is 84.5 Å². The van der Waals surface area contributed by atoms with Crippen LogP contribution >= 0.6 is 0 Å². The van der Waals surface area contributed by atoms with Crippen molar-refractivity contribution in [3.05, 3.63) is 53.6 Å². The molecule has 0 atom stereocenters. The first kappa shape index (κ1) is 18.8. The molecule has 2 rings (SSSR count). The molecule has 134 valence electrons. The van der Waals surface area contributed by atoms with E-state index >= 15 is 0 Å². The molecule has 25 heavy (non-hydrogen) atoms. The molecule has 0 aromatic heterocycles. The predicted molar refractivity (Wildman–Crippen MR) is 97.4 cm³/mol. The van der Waals surface area contributed by atoms with Gasteiger partial charge < -0.3 is 10.1 Å².